The minimum Gasteiger partial charge on any atom is -0.496 e. The van der Waals surface area contributed by atoms with Gasteiger partial charge in [0.2, 0.25) is 0 Å². The van der Waals surface area contributed by atoms with E-state index < -0.39 is 15.9 Å². The van der Waals surface area contributed by atoms with Crippen molar-refractivity contribution in [1.82, 2.24) is 4.90 Å². The van der Waals surface area contributed by atoms with E-state index in [9.17, 15) is 17.6 Å². The van der Waals surface area contributed by atoms with Crippen molar-refractivity contribution in [3.05, 3.63) is 114 Å². The number of nitrogens with zero attached hydrogens (tertiary/aromatic N) is 1. The maximum Gasteiger partial charge on any atom is 0.339 e. The molecule has 0 spiro atoms. The van der Waals surface area contributed by atoms with E-state index in [1.807, 2.05) is 0 Å². The van der Waals surface area contributed by atoms with Crippen LogP contribution >= 0.6 is 0 Å². The van der Waals surface area contributed by atoms with Crippen molar-refractivity contribution in [2.24, 2.45) is 0 Å². The molecule has 0 aliphatic heterocycles. The summed E-state index contributed by atoms with van der Waals surface area (Å²) in [7, 11) is -2.67. The van der Waals surface area contributed by atoms with Crippen molar-refractivity contribution in [3.63, 3.8) is 0 Å². The third-order valence-electron chi connectivity index (χ3n) is 5.13. The average molecular weight is 496 g/mol. The highest BCUT2D eigenvalue weighted by molar-refractivity contribution is 7.87. The lowest BCUT2D eigenvalue weighted by Crippen LogP contribution is -2.30. The zero-order valence-electron chi connectivity index (χ0n) is 18.8. The van der Waals surface area contributed by atoms with E-state index in [4.69, 9.17) is 13.3 Å². The molecular formula is C26H22FNO6S. The van der Waals surface area contributed by atoms with Gasteiger partial charge >= 0.3 is 10.1 Å². The first kappa shape index (κ1) is 24.0. The number of furan rings is 1. The maximum absolute atomic E-state index is 13.4. The van der Waals surface area contributed by atoms with Crippen LogP contribution in [0.5, 0.6) is 11.5 Å². The number of benzene rings is 3. The predicted octanol–water partition coefficient (Wildman–Crippen LogP) is 5.04. The molecule has 35 heavy (non-hydrogen) atoms. The summed E-state index contributed by atoms with van der Waals surface area (Å²) >= 11 is 0. The highest BCUT2D eigenvalue weighted by Gasteiger charge is 2.22. The molecular weight excluding hydrogens is 473 g/mol. The molecule has 9 heteroatoms. The fourth-order valence-corrected chi connectivity index (χ4v) is 4.40. The van der Waals surface area contributed by atoms with Gasteiger partial charge in [0.05, 0.1) is 25.5 Å². The Bertz CT molecular complexity index is 1400. The molecule has 0 N–H and O–H groups in total. The van der Waals surface area contributed by atoms with Crippen LogP contribution in [0.1, 0.15) is 21.7 Å². The number of rotatable bonds is 9. The second-order valence-corrected chi connectivity index (χ2v) is 9.13. The van der Waals surface area contributed by atoms with Crippen LogP contribution in [0.25, 0.3) is 0 Å². The number of halogens is 1. The summed E-state index contributed by atoms with van der Waals surface area (Å²) in [5.74, 6) is 0.241. The largest absolute Gasteiger partial charge is 0.496 e. The number of methoxy groups -OCH3 is 1. The molecule has 3 aromatic carbocycles. The molecule has 0 saturated heterocycles. The summed E-state index contributed by atoms with van der Waals surface area (Å²) in [6.07, 6.45) is 1.52. The molecule has 7 nitrogen and oxygen atoms in total. The Morgan fingerprint density at radius 2 is 1.71 bits per heavy atom. The van der Waals surface area contributed by atoms with E-state index in [1.54, 1.807) is 53.4 Å². The van der Waals surface area contributed by atoms with Crippen LogP contribution in [0, 0.1) is 5.82 Å². The Morgan fingerprint density at radius 1 is 0.943 bits per heavy atom. The number of hydrogen-bond donors (Lipinski definition) is 0. The first-order valence-electron chi connectivity index (χ1n) is 10.6. The SMILES string of the molecule is COc1ccccc1C(=O)N(Cc1cccc(OS(=O)(=O)c2ccc(F)cc2)c1)Cc1ccco1. The number of carbonyl (C=O) groups excluding carboxylic acids is 1. The van der Waals surface area contributed by atoms with Gasteiger partial charge in [0.1, 0.15) is 28.0 Å². The number of hydrogen-bond acceptors (Lipinski definition) is 6. The average Bonchev–Trinajstić information content (AvgIpc) is 3.36. The molecule has 180 valence electrons. The number of ether oxygens (including phenoxy) is 1. The molecule has 0 aliphatic rings. The quantitative estimate of drug-likeness (QED) is 0.303. The van der Waals surface area contributed by atoms with E-state index in [-0.39, 0.29) is 29.6 Å². The smallest absolute Gasteiger partial charge is 0.339 e. The van der Waals surface area contributed by atoms with Crippen molar-refractivity contribution in [3.8, 4) is 11.5 Å². The lowest BCUT2D eigenvalue weighted by molar-refractivity contribution is 0.0714. The highest BCUT2D eigenvalue weighted by atomic mass is 32.2. The second kappa shape index (κ2) is 10.4. The second-order valence-electron chi connectivity index (χ2n) is 7.58. The summed E-state index contributed by atoms with van der Waals surface area (Å²) in [6.45, 7) is 0.328. The Kier molecular flexibility index (Phi) is 7.17. The van der Waals surface area contributed by atoms with Crippen molar-refractivity contribution >= 4 is 16.0 Å². The zero-order chi connectivity index (χ0) is 24.8. The lowest BCUT2D eigenvalue weighted by Gasteiger charge is -2.23. The van der Waals surface area contributed by atoms with Crippen LogP contribution in [0.2, 0.25) is 0 Å². The normalized spacial score (nSPS) is 11.1. The van der Waals surface area contributed by atoms with Crippen LogP contribution in [-0.2, 0) is 23.2 Å². The van der Waals surface area contributed by atoms with Crippen LogP contribution in [0.15, 0.2) is 101 Å². The third kappa shape index (κ3) is 5.88. The van der Waals surface area contributed by atoms with Gasteiger partial charge in [0.25, 0.3) is 5.91 Å². The monoisotopic (exact) mass is 495 g/mol. The Hall–Kier alpha value is -4.11. The molecule has 4 rings (SSSR count). The Balaban J connectivity index is 1.59. The molecule has 1 aromatic heterocycles. The Labute approximate surface area is 202 Å². The van der Waals surface area contributed by atoms with Crippen molar-refractivity contribution in [2.75, 3.05) is 7.11 Å². The molecule has 1 heterocycles. The van der Waals surface area contributed by atoms with Crippen molar-refractivity contribution in [2.45, 2.75) is 18.0 Å². The molecule has 4 aromatic rings. The summed E-state index contributed by atoms with van der Waals surface area (Å²) in [5.41, 5.74) is 1.01. The third-order valence-corrected chi connectivity index (χ3v) is 6.39. The van der Waals surface area contributed by atoms with E-state index in [0.29, 0.717) is 22.6 Å². The minimum absolute atomic E-state index is 0.0644. The highest BCUT2D eigenvalue weighted by Crippen LogP contribution is 2.24. The fraction of sp³-hybridized carbons (Fsp3) is 0.115. The number of amides is 1. The first-order valence-corrected chi connectivity index (χ1v) is 12.0. The van der Waals surface area contributed by atoms with Gasteiger partial charge < -0.3 is 18.2 Å². The summed E-state index contributed by atoms with van der Waals surface area (Å²) in [6, 6.07) is 21.1. The molecule has 1 amide bonds. The zero-order valence-corrected chi connectivity index (χ0v) is 19.6. The van der Waals surface area contributed by atoms with Crippen LogP contribution < -0.4 is 8.92 Å². The summed E-state index contributed by atoms with van der Waals surface area (Å²) in [5, 5.41) is 0. The van der Waals surface area contributed by atoms with Gasteiger partial charge in [-0.15, -0.1) is 0 Å². The Morgan fingerprint density at radius 3 is 2.43 bits per heavy atom. The minimum atomic E-state index is -4.16. The molecule has 0 bridgehead atoms. The van der Waals surface area contributed by atoms with E-state index in [0.717, 1.165) is 24.3 Å². The fourth-order valence-electron chi connectivity index (χ4n) is 3.47. The number of para-hydroxylation sites is 1. The molecule has 0 unspecified atom stereocenters. The van der Waals surface area contributed by atoms with Gasteiger partial charge in [-0.2, -0.15) is 8.42 Å². The van der Waals surface area contributed by atoms with Gasteiger partial charge in [0.15, 0.2) is 0 Å². The molecule has 0 saturated carbocycles. The number of carbonyl (C=O) groups is 1. The van der Waals surface area contributed by atoms with Crippen LogP contribution in [0.4, 0.5) is 4.39 Å². The standard InChI is InChI=1S/C26H22FNO6S/c1-32-25-10-3-2-9-24(25)26(29)28(18-22-8-5-15-33-22)17-19-6-4-7-21(16-19)34-35(30,31)23-13-11-20(27)12-14-23/h2-16H,17-18H2,1H3. The topological polar surface area (TPSA) is 86.0 Å². The van der Waals surface area contributed by atoms with Gasteiger partial charge in [-0.25, -0.2) is 4.39 Å². The molecule has 0 atom stereocenters. The van der Waals surface area contributed by atoms with Crippen molar-refractivity contribution in [1.29, 1.82) is 0 Å². The van der Waals surface area contributed by atoms with E-state index >= 15 is 0 Å². The molecule has 0 aliphatic carbocycles. The van der Waals surface area contributed by atoms with Gasteiger partial charge in [-0.1, -0.05) is 24.3 Å². The predicted molar refractivity (Wildman–Crippen MR) is 126 cm³/mol. The van der Waals surface area contributed by atoms with Crippen LogP contribution in [-0.4, -0.2) is 26.3 Å². The van der Waals surface area contributed by atoms with Crippen molar-refractivity contribution < 1.29 is 30.9 Å². The first-order chi connectivity index (χ1) is 16.9. The van der Waals surface area contributed by atoms with Gasteiger partial charge in [0, 0.05) is 6.54 Å². The van der Waals surface area contributed by atoms with Gasteiger partial charge in [-0.05, 0) is 66.2 Å². The van der Waals surface area contributed by atoms with Gasteiger partial charge in [-0.3, -0.25) is 4.79 Å². The maximum atomic E-state index is 13.4. The van der Waals surface area contributed by atoms with E-state index in [1.165, 1.54) is 25.5 Å². The summed E-state index contributed by atoms with van der Waals surface area (Å²) < 4.78 is 54.4. The van der Waals surface area contributed by atoms with E-state index in [2.05, 4.69) is 0 Å². The molecule has 0 fully saturated rings. The molecule has 0 radical (unpaired) electrons. The summed E-state index contributed by atoms with van der Waals surface area (Å²) in [4.78, 5) is 14.8. The van der Waals surface area contributed by atoms with Crippen LogP contribution in [0.3, 0.4) is 0 Å². The lowest BCUT2D eigenvalue weighted by atomic mass is 10.1.